The summed E-state index contributed by atoms with van der Waals surface area (Å²) in [6, 6.07) is 6.50. The second-order valence-electron chi connectivity index (χ2n) is 5.12. The molecule has 0 fully saturated rings. The summed E-state index contributed by atoms with van der Waals surface area (Å²) in [7, 11) is 0. The van der Waals surface area contributed by atoms with Crippen molar-refractivity contribution in [2.75, 3.05) is 6.54 Å². The molecule has 21 heavy (non-hydrogen) atoms. The first-order valence-electron chi connectivity index (χ1n) is 6.56. The van der Waals surface area contributed by atoms with Gasteiger partial charge in [0.1, 0.15) is 17.5 Å². The molecule has 0 saturated carbocycles. The smallest absolute Gasteiger partial charge is 0.133 e. The van der Waals surface area contributed by atoms with E-state index in [4.69, 9.17) is 0 Å². The van der Waals surface area contributed by atoms with Crippen LogP contribution in [0.2, 0.25) is 0 Å². The van der Waals surface area contributed by atoms with Crippen LogP contribution in [-0.4, -0.2) is 6.54 Å². The van der Waals surface area contributed by atoms with Crippen LogP contribution in [0, 0.1) is 17.5 Å². The van der Waals surface area contributed by atoms with Crippen LogP contribution in [0.4, 0.5) is 13.2 Å². The normalized spacial score (nSPS) is 17.0. The van der Waals surface area contributed by atoms with Crippen molar-refractivity contribution >= 4 is 12.4 Å². The molecular formula is C16H15ClF3N. The molecule has 1 unspecified atom stereocenters. The molecule has 3 rings (SSSR count). The molecule has 0 spiro atoms. The molecular weight excluding hydrogens is 299 g/mol. The number of hydrogen-bond acceptors (Lipinski definition) is 1. The first-order chi connectivity index (χ1) is 9.59. The summed E-state index contributed by atoms with van der Waals surface area (Å²) in [6.45, 7) is 2.98. The zero-order chi connectivity index (χ0) is 14.3. The minimum absolute atomic E-state index is 0. The van der Waals surface area contributed by atoms with Crippen LogP contribution in [0.25, 0.3) is 11.1 Å². The Morgan fingerprint density at radius 2 is 1.67 bits per heavy atom. The number of hydrogen-bond donors (Lipinski definition) is 1. The maximum absolute atomic E-state index is 14.0. The molecule has 0 aliphatic carbocycles. The average Bonchev–Trinajstić information content (AvgIpc) is 2.41. The van der Waals surface area contributed by atoms with Crippen LogP contribution in [0.3, 0.4) is 0 Å². The van der Waals surface area contributed by atoms with E-state index in [1.807, 2.05) is 6.92 Å². The summed E-state index contributed by atoms with van der Waals surface area (Å²) in [5.74, 6) is -1.59. The van der Waals surface area contributed by atoms with Crippen molar-refractivity contribution in [1.29, 1.82) is 0 Å². The number of nitrogens with one attached hydrogen (secondary N) is 1. The second-order valence-corrected chi connectivity index (χ2v) is 5.12. The molecule has 1 aliphatic rings. The van der Waals surface area contributed by atoms with Crippen LogP contribution in [-0.2, 0) is 6.54 Å². The van der Waals surface area contributed by atoms with Gasteiger partial charge in [0.25, 0.3) is 0 Å². The lowest BCUT2D eigenvalue weighted by atomic mass is 9.86. The Bertz CT molecular complexity index is 653. The van der Waals surface area contributed by atoms with E-state index in [-0.39, 0.29) is 29.7 Å². The van der Waals surface area contributed by atoms with E-state index in [1.54, 1.807) is 0 Å². The van der Waals surface area contributed by atoms with E-state index in [9.17, 15) is 13.2 Å². The Hall–Kier alpha value is -1.52. The Morgan fingerprint density at radius 3 is 2.33 bits per heavy atom. The van der Waals surface area contributed by atoms with Gasteiger partial charge in [-0.15, -0.1) is 12.4 Å². The van der Waals surface area contributed by atoms with Crippen molar-refractivity contribution in [3.63, 3.8) is 0 Å². The largest absolute Gasteiger partial charge is 0.312 e. The third kappa shape index (κ3) is 2.65. The van der Waals surface area contributed by atoms with Crippen molar-refractivity contribution in [3.8, 4) is 11.1 Å². The number of benzene rings is 2. The maximum Gasteiger partial charge on any atom is 0.133 e. The van der Waals surface area contributed by atoms with E-state index in [1.165, 1.54) is 30.3 Å². The van der Waals surface area contributed by atoms with Gasteiger partial charge in [-0.1, -0.05) is 19.1 Å². The quantitative estimate of drug-likeness (QED) is 0.823. The van der Waals surface area contributed by atoms with Gasteiger partial charge in [-0.05, 0) is 40.8 Å². The highest BCUT2D eigenvalue weighted by Crippen LogP contribution is 2.36. The molecule has 1 heterocycles. The minimum atomic E-state index is -0.628. The van der Waals surface area contributed by atoms with Crippen LogP contribution >= 0.6 is 12.4 Å². The molecule has 0 aromatic heterocycles. The van der Waals surface area contributed by atoms with Gasteiger partial charge >= 0.3 is 0 Å². The summed E-state index contributed by atoms with van der Waals surface area (Å²) >= 11 is 0. The van der Waals surface area contributed by atoms with Gasteiger partial charge in [0, 0.05) is 13.1 Å². The van der Waals surface area contributed by atoms with Gasteiger partial charge in [-0.2, -0.15) is 0 Å². The monoisotopic (exact) mass is 313 g/mol. The molecule has 5 heteroatoms. The fourth-order valence-corrected chi connectivity index (χ4v) is 2.86. The summed E-state index contributed by atoms with van der Waals surface area (Å²) in [4.78, 5) is 0. The molecule has 112 valence electrons. The van der Waals surface area contributed by atoms with Gasteiger partial charge < -0.3 is 5.32 Å². The van der Waals surface area contributed by atoms with Crippen molar-refractivity contribution in [2.24, 2.45) is 0 Å². The molecule has 1 nitrogen and oxygen atoms in total. The molecule has 1 N–H and O–H groups in total. The predicted octanol–water partition coefficient (Wildman–Crippen LogP) is 4.40. The first-order valence-corrected chi connectivity index (χ1v) is 6.56. The fraction of sp³-hybridized carbons (Fsp3) is 0.250. The lowest BCUT2D eigenvalue weighted by molar-refractivity contribution is 0.522. The number of halogens is 4. The Morgan fingerprint density at radius 1 is 1.00 bits per heavy atom. The summed E-state index contributed by atoms with van der Waals surface area (Å²) < 4.78 is 41.9. The Labute approximate surface area is 127 Å². The third-order valence-electron chi connectivity index (χ3n) is 3.78. The van der Waals surface area contributed by atoms with Gasteiger partial charge in [0.15, 0.2) is 0 Å². The first kappa shape index (κ1) is 15.9. The summed E-state index contributed by atoms with van der Waals surface area (Å²) in [5.41, 5.74) is 1.55. The van der Waals surface area contributed by atoms with Crippen molar-refractivity contribution in [3.05, 3.63) is 58.9 Å². The van der Waals surface area contributed by atoms with Crippen LogP contribution in [0.15, 0.2) is 30.3 Å². The Balaban J connectivity index is 0.00000161. The molecule has 0 saturated heterocycles. The predicted molar refractivity (Wildman–Crippen MR) is 79.1 cm³/mol. The van der Waals surface area contributed by atoms with Crippen molar-refractivity contribution in [2.45, 2.75) is 19.4 Å². The summed E-state index contributed by atoms with van der Waals surface area (Å²) in [6.07, 6.45) is 0. The molecule has 2 aromatic carbocycles. The van der Waals surface area contributed by atoms with Crippen LogP contribution in [0.1, 0.15) is 24.0 Å². The van der Waals surface area contributed by atoms with Gasteiger partial charge in [-0.3, -0.25) is 0 Å². The van der Waals surface area contributed by atoms with Gasteiger partial charge in [0.05, 0.1) is 5.56 Å². The third-order valence-corrected chi connectivity index (χ3v) is 3.78. The van der Waals surface area contributed by atoms with Crippen molar-refractivity contribution in [1.82, 2.24) is 5.32 Å². The lowest BCUT2D eigenvalue weighted by Crippen LogP contribution is -2.28. The van der Waals surface area contributed by atoms with Crippen molar-refractivity contribution < 1.29 is 13.2 Å². The molecule has 1 atom stereocenters. The molecule has 2 aromatic rings. The van der Waals surface area contributed by atoms with Crippen LogP contribution in [0.5, 0.6) is 0 Å². The molecule has 0 amide bonds. The zero-order valence-electron chi connectivity index (χ0n) is 11.4. The highest BCUT2D eigenvalue weighted by Gasteiger charge is 2.25. The SMILES string of the molecule is CC1CNCc2c(-c3c(F)cccc3F)ccc(F)c21.Cl. The number of fused-ring (bicyclic) bond motifs is 1. The highest BCUT2D eigenvalue weighted by atomic mass is 35.5. The molecule has 1 aliphatic heterocycles. The van der Waals surface area contributed by atoms with Gasteiger partial charge in [0.2, 0.25) is 0 Å². The zero-order valence-corrected chi connectivity index (χ0v) is 12.2. The van der Waals surface area contributed by atoms with E-state index in [2.05, 4.69) is 5.32 Å². The van der Waals surface area contributed by atoms with E-state index in [0.717, 1.165) is 0 Å². The standard InChI is InChI=1S/C16H14F3N.ClH/c1-9-7-20-8-11-10(5-6-14(19)15(9)11)16-12(17)3-2-4-13(16)18;/h2-6,9,20H,7-8H2,1H3;1H. The van der Waals surface area contributed by atoms with Gasteiger partial charge in [-0.25, -0.2) is 13.2 Å². The second kappa shape index (κ2) is 6.08. The van der Waals surface area contributed by atoms with Crippen LogP contribution < -0.4 is 5.32 Å². The van der Waals surface area contributed by atoms with E-state index in [0.29, 0.717) is 29.8 Å². The minimum Gasteiger partial charge on any atom is -0.312 e. The highest BCUT2D eigenvalue weighted by molar-refractivity contribution is 5.85. The fourth-order valence-electron chi connectivity index (χ4n) is 2.86. The Kier molecular flexibility index (Phi) is 4.59. The maximum atomic E-state index is 14.0. The lowest BCUT2D eigenvalue weighted by Gasteiger charge is -2.26. The van der Waals surface area contributed by atoms with E-state index >= 15 is 0 Å². The number of rotatable bonds is 1. The summed E-state index contributed by atoms with van der Waals surface area (Å²) in [5, 5.41) is 3.16. The van der Waals surface area contributed by atoms with E-state index < -0.39 is 11.6 Å². The molecule has 0 radical (unpaired) electrons. The molecule has 0 bridgehead atoms. The topological polar surface area (TPSA) is 12.0 Å². The average molecular weight is 314 g/mol.